The largest absolute Gasteiger partial charge is 0.340 e. The second-order valence-corrected chi connectivity index (χ2v) is 5.59. The molecule has 8 heteroatoms. The minimum atomic E-state index is -0.747. The van der Waals surface area contributed by atoms with Crippen molar-refractivity contribution in [2.24, 2.45) is 0 Å². The van der Waals surface area contributed by atoms with Crippen molar-refractivity contribution in [3.8, 4) is 0 Å². The van der Waals surface area contributed by atoms with E-state index in [9.17, 15) is 19.2 Å². The molecule has 1 aromatic heterocycles. The molecule has 24 heavy (non-hydrogen) atoms. The number of piperidine rings is 1. The fraction of sp³-hybridized carbons (Fsp3) is 0.312. The van der Waals surface area contributed by atoms with Crippen LogP contribution in [0.25, 0.3) is 11.0 Å². The van der Waals surface area contributed by atoms with Crippen molar-refractivity contribution in [2.45, 2.75) is 32.4 Å². The van der Waals surface area contributed by atoms with Gasteiger partial charge in [0.25, 0.3) is 5.91 Å². The normalized spacial score (nSPS) is 17.6. The number of carbonyl (C=O) groups is 4. The summed E-state index contributed by atoms with van der Waals surface area (Å²) >= 11 is 0. The van der Waals surface area contributed by atoms with Gasteiger partial charge in [-0.3, -0.25) is 19.7 Å². The number of aromatic nitrogens is 2. The van der Waals surface area contributed by atoms with E-state index in [-0.39, 0.29) is 25.3 Å². The fourth-order valence-corrected chi connectivity index (χ4v) is 2.82. The quantitative estimate of drug-likeness (QED) is 0.610. The molecule has 1 atom stereocenters. The van der Waals surface area contributed by atoms with Crippen LogP contribution in [0, 0.1) is 6.92 Å². The number of imide groups is 1. The topological polar surface area (TPSA) is 110 Å². The lowest BCUT2D eigenvalue weighted by atomic mass is 10.1. The number of hydrogen-bond acceptors (Lipinski definition) is 5. The number of fused-ring (bicyclic) bond motifs is 1. The van der Waals surface area contributed by atoms with Crippen LogP contribution in [0.5, 0.6) is 0 Å². The highest BCUT2D eigenvalue weighted by molar-refractivity contribution is 6.08. The Morgan fingerprint density at radius 3 is 2.96 bits per heavy atom. The first-order valence-corrected chi connectivity index (χ1v) is 7.55. The van der Waals surface area contributed by atoms with E-state index in [0.717, 1.165) is 6.29 Å². The highest BCUT2D eigenvalue weighted by Crippen LogP contribution is 2.20. The molecule has 3 rings (SSSR count). The molecule has 8 nitrogen and oxygen atoms in total. The Hall–Kier alpha value is -3.03. The molecule has 2 aromatic rings. The second-order valence-electron chi connectivity index (χ2n) is 5.59. The molecular formula is C16H16N4O4. The molecule has 0 saturated carbocycles. The fourth-order valence-electron chi connectivity index (χ4n) is 2.82. The summed E-state index contributed by atoms with van der Waals surface area (Å²) in [6.45, 7) is 1.91. The monoisotopic (exact) mass is 328 g/mol. The third kappa shape index (κ3) is 2.78. The highest BCUT2D eigenvalue weighted by atomic mass is 16.2. The van der Waals surface area contributed by atoms with E-state index < -0.39 is 17.9 Å². The van der Waals surface area contributed by atoms with Crippen LogP contribution in [0.3, 0.4) is 0 Å². The van der Waals surface area contributed by atoms with Gasteiger partial charge in [0.1, 0.15) is 23.7 Å². The maximum absolute atomic E-state index is 12.5. The van der Waals surface area contributed by atoms with Gasteiger partial charge in [0.15, 0.2) is 0 Å². The number of para-hydroxylation sites is 1. The first-order chi connectivity index (χ1) is 11.5. The Labute approximate surface area is 137 Å². The molecule has 124 valence electrons. The van der Waals surface area contributed by atoms with E-state index in [4.69, 9.17) is 0 Å². The number of aldehydes is 1. The molecule has 0 bridgehead atoms. The summed E-state index contributed by atoms with van der Waals surface area (Å²) in [4.78, 5) is 50.7. The Morgan fingerprint density at radius 2 is 2.25 bits per heavy atom. The lowest BCUT2D eigenvalue weighted by Crippen LogP contribution is -2.52. The van der Waals surface area contributed by atoms with Gasteiger partial charge < -0.3 is 14.7 Å². The summed E-state index contributed by atoms with van der Waals surface area (Å²) in [5.41, 5.74) is 1.47. The minimum Gasteiger partial charge on any atom is -0.340 e. The Balaban J connectivity index is 1.90. The number of carbonyl (C=O) groups excluding carboxylic acids is 4. The molecule has 1 aromatic carbocycles. The number of amides is 3. The maximum Gasteiger partial charge on any atom is 0.254 e. The van der Waals surface area contributed by atoms with Gasteiger partial charge in [-0.2, -0.15) is 0 Å². The SMILES string of the molecule is Cc1nc2c(C(=O)NC3CCC(=O)NC3=O)cccc2n1CC=O. The number of aryl methyl sites for hydroxylation is 1. The third-order valence-electron chi connectivity index (χ3n) is 4.02. The number of hydrogen-bond donors (Lipinski definition) is 2. The van der Waals surface area contributed by atoms with Crippen LogP contribution in [0.1, 0.15) is 29.0 Å². The lowest BCUT2D eigenvalue weighted by molar-refractivity contribution is -0.134. The summed E-state index contributed by atoms with van der Waals surface area (Å²) in [5, 5.41) is 4.84. The van der Waals surface area contributed by atoms with Crippen LogP contribution in [0.4, 0.5) is 0 Å². The van der Waals surface area contributed by atoms with E-state index in [0.29, 0.717) is 22.4 Å². The van der Waals surface area contributed by atoms with E-state index in [1.807, 2.05) is 0 Å². The number of benzene rings is 1. The molecule has 1 saturated heterocycles. The standard InChI is InChI=1S/C16H16N4O4/c1-9-17-14-10(3-2-4-12(14)20(9)7-8-21)15(23)18-11-5-6-13(22)19-16(11)24/h2-4,8,11H,5-7H2,1H3,(H,18,23)(H,19,22,24). The molecule has 3 amide bonds. The van der Waals surface area contributed by atoms with E-state index in [1.54, 1.807) is 29.7 Å². The Bertz CT molecular complexity index is 855. The predicted molar refractivity (Wildman–Crippen MR) is 84.2 cm³/mol. The third-order valence-corrected chi connectivity index (χ3v) is 4.02. The number of imidazole rings is 1. The van der Waals surface area contributed by atoms with Crippen LogP contribution >= 0.6 is 0 Å². The Kier molecular flexibility index (Phi) is 4.11. The van der Waals surface area contributed by atoms with E-state index in [1.165, 1.54) is 0 Å². The predicted octanol–water partition coefficient (Wildman–Crippen LogP) is 0.0786. The zero-order valence-corrected chi connectivity index (χ0v) is 13.0. The average molecular weight is 328 g/mol. The lowest BCUT2D eigenvalue weighted by Gasteiger charge is -2.21. The zero-order chi connectivity index (χ0) is 17.3. The van der Waals surface area contributed by atoms with Gasteiger partial charge in [-0.25, -0.2) is 4.98 Å². The highest BCUT2D eigenvalue weighted by Gasteiger charge is 2.28. The van der Waals surface area contributed by atoms with Crippen LogP contribution in [-0.4, -0.2) is 39.6 Å². The molecule has 2 N–H and O–H groups in total. The summed E-state index contributed by atoms with van der Waals surface area (Å²) in [5.74, 6) is -0.658. The molecule has 1 fully saturated rings. The van der Waals surface area contributed by atoms with Crippen LogP contribution in [0.2, 0.25) is 0 Å². The second kappa shape index (κ2) is 6.23. The van der Waals surface area contributed by atoms with Gasteiger partial charge in [0, 0.05) is 6.42 Å². The summed E-state index contributed by atoms with van der Waals surface area (Å²) in [7, 11) is 0. The summed E-state index contributed by atoms with van der Waals surface area (Å²) in [6.07, 6.45) is 1.23. The number of nitrogens with one attached hydrogen (secondary N) is 2. The minimum absolute atomic E-state index is 0.153. The maximum atomic E-state index is 12.5. The smallest absolute Gasteiger partial charge is 0.254 e. The van der Waals surface area contributed by atoms with E-state index >= 15 is 0 Å². The number of rotatable bonds is 4. The molecule has 1 aliphatic heterocycles. The molecule has 2 heterocycles. The molecule has 1 unspecified atom stereocenters. The molecule has 0 spiro atoms. The summed E-state index contributed by atoms with van der Waals surface area (Å²) < 4.78 is 1.71. The van der Waals surface area contributed by atoms with Crippen molar-refractivity contribution in [2.75, 3.05) is 0 Å². The van der Waals surface area contributed by atoms with Crippen LogP contribution in [0.15, 0.2) is 18.2 Å². The van der Waals surface area contributed by atoms with Gasteiger partial charge in [0.2, 0.25) is 11.8 Å². The van der Waals surface area contributed by atoms with Crippen molar-refractivity contribution < 1.29 is 19.2 Å². The first kappa shape index (κ1) is 15.9. The average Bonchev–Trinajstić information content (AvgIpc) is 2.86. The van der Waals surface area contributed by atoms with Crippen molar-refractivity contribution in [3.05, 3.63) is 29.6 Å². The van der Waals surface area contributed by atoms with Crippen molar-refractivity contribution in [1.29, 1.82) is 0 Å². The van der Waals surface area contributed by atoms with Gasteiger partial charge >= 0.3 is 0 Å². The van der Waals surface area contributed by atoms with Gasteiger partial charge in [-0.15, -0.1) is 0 Å². The van der Waals surface area contributed by atoms with Crippen LogP contribution < -0.4 is 10.6 Å². The molecule has 0 radical (unpaired) electrons. The van der Waals surface area contributed by atoms with Crippen molar-refractivity contribution in [3.63, 3.8) is 0 Å². The molecule has 1 aliphatic rings. The summed E-state index contributed by atoms with van der Waals surface area (Å²) in [6, 6.07) is 4.34. The van der Waals surface area contributed by atoms with Crippen LogP contribution in [-0.2, 0) is 20.9 Å². The molecular weight excluding hydrogens is 312 g/mol. The number of nitrogens with zero attached hydrogens (tertiary/aromatic N) is 2. The Morgan fingerprint density at radius 1 is 1.46 bits per heavy atom. The van der Waals surface area contributed by atoms with Gasteiger partial charge in [-0.05, 0) is 25.5 Å². The van der Waals surface area contributed by atoms with Gasteiger partial charge in [-0.1, -0.05) is 6.07 Å². The first-order valence-electron chi connectivity index (χ1n) is 7.55. The van der Waals surface area contributed by atoms with Crippen molar-refractivity contribution in [1.82, 2.24) is 20.2 Å². The van der Waals surface area contributed by atoms with E-state index in [2.05, 4.69) is 15.6 Å². The zero-order valence-electron chi connectivity index (χ0n) is 13.0. The van der Waals surface area contributed by atoms with Gasteiger partial charge in [0.05, 0.1) is 17.6 Å². The van der Waals surface area contributed by atoms with Crippen molar-refractivity contribution >= 4 is 35.0 Å². The molecule has 0 aliphatic carbocycles.